The van der Waals surface area contributed by atoms with Crippen molar-refractivity contribution >= 4 is 34.5 Å². The van der Waals surface area contributed by atoms with Gasteiger partial charge in [0.15, 0.2) is 11.6 Å². The molecule has 0 bridgehead atoms. The highest BCUT2D eigenvalue weighted by molar-refractivity contribution is 7.20. The first-order valence-electron chi connectivity index (χ1n) is 10.5. The molecule has 0 unspecified atom stereocenters. The number of ether oxygens (including phenoxy) is 1. The van der Waals surface area contributed by atoms with Gasteiger partial charge in [0.05, 0.1) is 16.1 Å². The molecule has 3 aromatic rings. The molecule has 0 N–H and O–H groups in total. The Labute approximate surface area is 194 Å². The number of aryl methyl sites for hydroxylation is 2. The smallest absolute Gasteiger partial charge is 0.167 e. The van der Waals surface area contributed by atoms with E-state index in [-0.39, 0.29) is 17.9 Å². The van der Waals surface area contributed by atoms with E-state index in [1.807, 2.05) is 24.5 Å². The summed E-state index contributed by atoms with van der Waals surface area (Å²) in [5, 5.41) is 8.11. The number of fused-ring (bicyclic) bond motifs is 1. The first kappa shape index (κ1) is 21.2. The summed E-state index contributed by atoms with van der Waals surface area (Å²) in [4.78, 5) is 2.45. The fourth-order valence-electron chi connectivity index (χ4n) is 4.86. The Kier molecular flexibility index (Phi) is 5.71. The molecule has 1 saturated heterocycles. The Morgan fingerprint density at radius 1 is 1.10 bits per heavy atom. The van der Waals surface area contributed by atoms with E-state index in [0.717, 1.165) is 37.1 Å². The summed E-state index contributed by atoms with van der Waals surface area (Å²) in [5.41, 5.74) is 2.64. The minimum atomic E-state index is -0.422. The summed E-state index contributed by atoms with van der Waals surface area (Å²) in [5.74, 6) is 1.20. The van der Waals surface area contributed by atoms with Crippen molar-refractivity contribution in [2.45, 2.75) is 51.7 Å². The fraction of sp³-hybridized carbons (Fsp3) is 0.455. The van der Waals surface area contributed by atoms with Gasteiger partial charge >= 0.3 is 0 Å². The molecule has 5 nitrogen and oxygen atoms in total. The number of hydrogen-bond donors (Lipinski definition) is 0. The number of benzene rings is 1. The first-order chi connectivity index (χ1) is 14.9. The number of likely N-dealkylation sites (tertiary alicyclic amines) is 1. The molecular weight excluding hydrogens is 458 g/mol. The monoisotopic (exact) mass is 480 g/mol. The van der Waals surface area contributed by atoms with E-state index in [2.05, 4.69) is 15.1 Å². The molecule has 0 spiro atoms. The second kappa shape index (κ2) is 8.35. The van der Waals surface area contributed by atoms with Gasteiger partial charge in [0.2, 0.25) is 0 Å². The van der Waals surface area contributed by atoms with Gasteiger partial charge in [-0.25, -0.2) is 4.39 Å². The summed E-state index contributed by atoms with van der Waals surface area (Å²) in [7, 11) is 0. The van der Waals surface area contributed by atoms with Crippen LogP contribution in [0, 0.1) is 19.7 Å². The van der Waals surface area contributed by atoms with Crippen molar-refractivity contribution in [3.05, 3.63) is 55.5 Å². The van der Waals surface area contributed by atoms with Gasteiger partial charge in [0, 0.05) is 11.6 Å². The number of rotatable bonds is 4. The van der Waals surface area contributed by atoms with Crippen molar-refractivity contribution in [3.63, 3.8) is 0 Å². The van der Waals surface area contributed by atoms with Crippen molar-refractivity contribution in [1.29, 1.82) is 0 Å². The van der Waals surface area contributed by atoms with Crippen LogP contribution < -0.4 is 4.74 Å². The van der Waals surface area contributed by atoms with E-state index in [1.165, 1.54) is 30.2 Å². The second-order valence-corrected chi connectivity index (χ2v) is 10.4. The van der Waals surface area contributed by atoms with Gasteiger partial charge in [0.25, 0.3) is 0 Å². The Hall–Kier alpha value is -1.67. The summed E-state index contributed by atoms with van der Waals surface area (Å²) in [6, 6.07) is 5.13. The van der Waals surface area contributed by atoms with Gasteiger partial charge < -0.3 is 4.74 Å². The van der Waals surface area contributed by atoms with Crippen LogP contribution in [-0.4, -0.2) is 38.8 Å². The lowest BCUT2D eigenvalue weighted by Crippen LogP contribution is -2.42. The molecule has 0 amide bonds. The maximum absolute atomic E-state index is 15.2. The van der Waals surface area contributed by atoms with Gasteiger partial charge in [-0.1, -0.05) is 23.2 Å². The molecule has 1 aromatic carbocycles. The van der Waals surface area contributed by atoms with Gasteiger partial charge in [-0.2, -0.15) is 0 Å². The highest BCUT2D eigenvalue weighted by Gasteiger charge is 2.40. The van der Waals surface area contributed by atoms with Gasteiger partial charge in [-0.15, -0.1) is 21.5 Å². The zero-order valence-corrected chi connectivity index (χ0v) is 19.7. The van der Waals surface area contributed by atoms with Crippen LogP contribution in [0.15, 0.2) is 18.2 Å². The van der Waals surface area contributed by atoms with Crippen LogP contribution in [0.2, 0.25) is 8.67 Å². The predicted octanol–water partition coefficient (Wildman–Crippen LogP) is 5.92. The molecule has 31 heavy (non-hydrogen) atoms. The topological polar surface area (TPSA) is 43.2 Å². The Balaban J connectivity index is 1.51. The van der Waals surface area contributed by atoms with E-state index < -0.39 is 5.82 Å². The van der Waals surface area contributed by atoms with E-state index in [9.17, 15) is 0 Å². The Morgan fingerprint density at radius 2 is 1.81 bits per heavy atom. The SMILES string of the molecule is Cc1nnc(C)n1-c1ccc(O[C@H]2c3c(Cl)sc(Cl)c3CC[C@@H]2N2CCCC2)c(F)c1. The Morgan fingerprint density at radius 3 is 2.48 bits per heavy atom. The van der Waals surface area contributed by atoms with Crippen molar-refractivity contribution in [2.75, 3.05) is 13.1 Å². The molecule has 3 heterocycles. The van der Waals surface area contributed by atoms with Crippen LogP contribution in [0.5, 0.6) is 5.75 Å². The molecule has 1 fully saturated rings. The molecular formula is C22H23Cl2FN4OS. The molecule has 9 heteroatoms. The van der Waals surface area contributed by atoms with Crippen LogP contribution in [0.25, 0.3) is 5.69 Å². The van der Waals surface area contributed by atoms with Crippen LogP contribution >= 0.6 is 34.5 Å². The first-order valence-corrected chi connectivity index (χ1v) is 12.1. The lowest BCUT2D eigenvalue weighted by molar-refractivity contribution is 0.0648. The van der Waals surface area contributed by atoms with Crippen molar-refractivity contribution in [3.8, 4) is 11.4 Å². The summed E-state index contributed by atoms with van der Waals surface area (Å²) >= 11 is 14.4. The Bertz CT molecular complexity index is 1110. The van der Waals surface area contributed by atoms with Crippen LogP contribution in [0.3, 0.4) is 0 Å². The number of nitrogens with zero attached hydrogens (tertiary/aromatic N) is 4. The number of hydrogen-bond acceptors (Lipinski definition) is 5. The lowest BCUT2D eigenvalue weighted by atomic mass is 9.87. The normalized spacial score (nSPS) is 21.5. The standard InChI is InChI=1S/C22H23Cl2FN4OS/c1-12-26-27-13(2)29(12)14-5-8-18(16(25)11-14)30-20-17(28-9-3-4-10-28)7-6-15-19(20)22(24)31-21(15)23/h5,8,11,17,20H,3-4,6-7,9-10H2,1-2H3/t17-,20+/m0/s1. The third-order valence-corrected chi connectivity index (χ3v) is 8.02. The average molecular weight is 481 g/mol. The van der Waals surface area contributed by atoms with Gasteiger partial charge in [-0.05, 0) is 70.3 Å². The average Bonchev–Trinajstić information content (AvgIpc) is 3.45. The fourth-order valence-corrected chi connectivity index (χ4v) is 6.70. The summed E-state index contributed by atoms with van der Waals surface area (Å²) < 4.78 is 24.7. The van der Waals surface area contributed by atoms with Crippen molar-refractivity contribution in [2.24, 2.45) is 0 Å². The van der Waals surface area contributed by atoms with E-state index in [1.54, 1.807) is 6.07 Å². The van der Waals surface area contributed by atoms with E-state index in [4.69, 9.17) is 27.9 Å². The molecule has 2 atom stereocenters. The third kappa shape index (κ3) is 3.75. The molecule has 164 valence electrons. The summed E-state index contributed by atoms with van der Waals surface area (Å²) in [6.07, 6.45) is 3.79. The lowest BCUT2D eigenvalue weighted by Gasteiger charge is -2.38. The highest BCUT2D eigenvalue weighted by Crippen LogP contribution is 2.48. The molecule has 5 rings (SSSR count). The van der Waals surface area contributed by atoms with Crippen LogP contribution in [0.4, 0.5) is 4.39 Å². The van der Waals surface area contributed by atoms with Gasteiger partial charge in [-0.3, -0.25) is 9.47 Å². The second-order valence-electron chi connectivity index (χ2n) is 8.17. The molecule has 2 aromatic heterocycles. The maximum atomic E-state index is 15.2. The largest absolute Gasteiger partial charge is 0.481 e. The molecule has 0 saturated carbocycles. The zero-order chi connectivity index (χ0) is 21.7. The quantitative estimate of drug-likeness (QED) is 0.464. The molecule has 0 radical (unpaired) electrons. The van der Waals surface area contributed by atoms with Crippen LogP contribution in [-0.2, 0) is 6.42 Å². The minimum Gasteiger partial charge on any atom is -0.481 e. The van der Waals surface area contributed by atoms with E-state index in [0.29, 0.717) is 26.0 Å². The highest BCUT2D eigenvalue weighted by atomic mass is 35.5. The third-order valence-electron chi connectivity index (χ3n) is 6.30. The number of thiophene rings is 1. The number of aromatic nitrogens is 3. The van der Waals surface area contributed by atoms with Crippen molar-refractivity contribution < 1.29 is 9.13 Å². The molecule has 1 aliphatic heterocycles. The predicted molar refractivity (Wildman–Crippen MR) is 121 cm³/mol. The minimum absolute atomic E-state index is 0.152. The zero-order valence-electron chi connectivity index (χ0n) is 17.4. The van der Waals surface area contributed by atoms with Gasteiger partial charge in [0.1, 0.15) is 22.1 Å². The van der Waals surface area contributed by atoms with Crippen LogP contribution in [0.1, 0.15) is 48.1 Å². The maximum Gasteiger partial charge on any atom is 0.167 e. The molecule has 1 aliphatic carbocycles. The molecule has 2 aliphatic rings. The van der Waals surface area contributed by atoms with E-state index >= 15 is 4.39 Å². The van der Waals surface area contributed by atoms with Crippen molar-refractivity contribution in [1.82, 2.24) is 19.7 Å². The number of halogens is 3. The summed E-state index contributed by atoms with van der Waals surface area (Å²) in [6.45, 7) is 5.75.